The number of anilines is 1. The number of rotatable bonds is 5. The Labute approximate surface area is 106 Å². The molecular formula is C13H17N3O2. The fourth-order valence-electron chi connectivity index (χ4n) is 1.68. The maximum atomic E-state index is 5.22. The van der Waals surface area contributed by atoms with Gasteiger partial charge >= 0.3 is 0 Å². The summed E-state index contributed by atoms with van der Waals surface area (Å²) in [6.45, 7) is 0.701. The zero-order valence-electron chi connectivity index (χ0n) is 10.8. The highest BCUT2D eigenvalue weighted by Gasteiger charge is 2.03. The van der Waals surface area contributed by atoms with E-state index in [0.29, 0.717) is 6.54 Å². The van der Waals surface area contributed by atoms with Gasteiger partial charge in [-0.25, -0.2) is 0 Å². The maximum Gasteiger partial charge on any atom is 0.124 e. The van der Waals surface area contributed by atoms with Crippen LogP contribution in [0.25, 0.3) is 0 Å². The van der Waals surface area contributed by atoms with Gasteiger partial charge in [0.1, 0.15) is 11.5 Å². The van der Waals surface area contributed by atoms with E-state index in [-0.39, 0.29) is 0 Å². The van der Waals surface area contributed by atoms with Crippen LogP contribution in [0.3, 0.4) is 0 Å². The van der Waals surface area contributed by atoms with Gasteiger partial charge in [-0.15, -0.1) is 0 Å². The van der Waals surface area contributed by atoms with Gasteiger partial charge in [0.25, 0.3) is 0 Å². The second-order valence-corrected chi connectivity index (χ2v) is 3.90. The molecule has 0 bridgehead atoms. The third kappa shape index (κ3) is 2.74. The average molecular weight is 247 g/mol. The first kappa shape index (κ1) is 12.3. The van der Waals surface area contributed by atoms with Gasteiger partial charge in [0.05, 0.1) is 26.5 Å². The van der Waals surface area contributed by atoms with Crippen LogP contribution in [-0.2, 0) is 13.6 Å². The van der Waals surface area contributed by atoms with Crippen molar-refractivity contribution >= 4 is 5.69 Å². The summed E-state index contributed by atoms with van der Waals surface area (Å²) in [6.07, 6.45) is 1.78. The summed E-state index contributed by atoms with van der Waals surface area (Å²) in [4.78, 5) is 0. The SMILES string of the molecule is COc1cc(NCc2ccnn2C)cc(OC)c1. The fraction of sp³-hybridized carbons (Fsp3) is 0.308. The molecule has 1 heterocycles. The van der Waals surface area contributed by atoms with Gasteiger partial charge in [-0.2, -0.15) is 5.10 Å². The van der Waals surface area contributed by atoms with Crippen LogP contribution in [-0.4, -0.2) is 24.0 Å². The quantitative estimate of drug-likeness (QED) is 0.878. The monoisotopic (exact) mass is 247 g/mol. The van der Waals surface area contributed by atoms with Gasteiger partial charge in [-0.1, -0.05) is 0 Å². The molecule has 0 aliphatic carbocycles. The number of nitrogens with one attached hydrogen (secondary N) is 1. The van der Waals surface area contributed by atoms with Crippen LogP contribution < -0.4 is 14.8 Å². The minimum atomic E-state index is 0.701. The lowest BCUT2D eigenvalue weighted by atomic mass is 10.2. The number of benzene rings is 1. The van der Waals surface area contributed by atoms with Gasteiger partial charge in [0, 0.05) is 37.1 Å². The molecule has 2 rings (SSSR count). The molecule has 0 radical (unpaired) electrons. The van der Waals surface area contributed by atoms with E-state index in [0.717, 1.165) is 22.9 Å². The number of aryl methyl sites for hydroxylation is 1. The van der Waals surface area contributed by atoms with E-state index in [2.05, 4.69) is 10.4 Å². The number of ether oxygens (including phenoxy) is 2. The van der Waals surface area contributed by atoms with Gasteiger partial charge in [-0.05, 0) is 6.07 Å². The molecule has 0 fully saturated rings. The first-order chi connectivity index (χ1) is 8.72. The summed E-state index contributed by atoms with van der Waals surface area (Å²) in [5.74, 6) is 1.53. The van der Waals surface area contributed by atoms with E-state index in [1.807, 2.05) is 36.0 Å². The highest BCUT2D eigenvalue weighted by molar-refractivity contribution is 5.53. The Morgan fingerprint density at radius 2 is 1.83 bits per heavy atom. The van der Waals surface area contributed by atoms with Crippen molar-refractivity contribution in [3.63, 3.8) is 0 Å². The normalized spacial score (nSPS) is 10.2. The van der Waals surface area contributed by atoms with Crippen LogP contribution in [0.4, 0.5) is 5.69 Å². The van der Waals surface area contributed by atoms with E-state index in [4.69, 9.17) is 9.47 Å². The molecule has 1 N–H and O–H groups in total. The van der Waals surface area contributed by atoms with Crippen LogP contribution in [0.1, 0.15) is 5.69 Å². The molecule has 0 amide bonds. The Bertz CT molecular complexity index is 500. The Balaban J connectivity index is 2.11. The van der Waals surface area contributed by atoms with Crippen molar-refractivity contribution < 1.29 is 9.47 Å². The predicted molar refractivity (Wildman–Crippen MR) is 70.1 cm³/mol. The summed E-state index contributed by atoms with van der Waals surface area (Å²) in [7, 11) is 5.20. The van der Waals surface area contributed by atoms with E-state index in [1.165, 1.54) is 0 Å². The zero-order valence-corrected chi connectivity index (χ0v) is 10.8. The molecule has 0 saturated heterocycles. The van der Waals surface area contributed by atoms with Crippen LogP contribution in [0.5, 0.6) is 11.5 Å². The van der Waals surface area contributed by atoms with Crippen molar-refractivity contribution in [3.8, 4) is 11.5 Å². The van der Waals surface area contributed by atoms with Crippen molar-refractivity contribution in [2.75, 3.05) is 19.5 Å². The molecule has 0 aliphatic rings. The maximum absolute atomic E-state index is 5.22. The third-order valence-electron chi connectivity index (χ3n) is 2.75. The second kappa shape index (κ2) is 5.44. The molecule has 1 aromatic carbocycles. The molecule has 0 unspecified atom stereocenters. The van der Waals surface area contributed by atoms with E-state index in [1.54, 1.807) is 20.4 Å². The smallest absolute Gasteiger partial charge is 0.124 e. The van der Waals surface area contributed by atoms with Gasteiger partial charge in [-0.3, -0.25) is 4.68 Å². The summed E-state index contributed by atoms with van der Waals surface area (Å²) in [5, 5.41) is 7.44. The van der Waals surface area contributed by atoms with Crippen LogP contribution in [0.15, 0.2) is 30.5 Å². The number of hydrogen-bond donors (Lipinski definition) is 1. The number of aromatic nitrogens is 2. The lowest BCUT2D eigenvalue weighted by Gasteiger charge is -2.10. The van der Waals surface area contributed by atoms with Crippen LogP contribution >= 0.6 is 0 Å². The highest BCUT2D eigenvalue weighted by Crippen LogP contribution is 2.25. The summed E-state index contributed by atoms with van der Waals surface area (Å²) in [6, 6.07) is 7.68. The molecule has 18 heavy (non-hydrogen) atoms. The minimum Gasteiger partial charge on any atom is -0.497 e. The Morgan fingerprint density at radius 3 is 2.33 bits per heavy atom. The van der Waals surface area contributed by atoms with Gasteiger partial charge in [0.2, 0.25) is 0 Å². The summed E-state index contributed by atoms with van der Waals surface area (Å²) >= 11 is 0. The van der Waals surface area contributed by atoms with Crippen molar-refractivity contribution in [2.24, 2.45) is 7.05 Å². The van der Waals surface area contributed by atoms with Gasteiger partial charge in [0.15, 0.2) is 0 Å². The van der Waals surface area contributed by atoms with E-state index >= 15 is 0 Å². The average Bonchev–Trinajstić information content (AvgIpc) is 2.81. The highest BCUT2D eigenvalue weighted by atomic mass is 16.5. The lowest BCUT2D eigenvalue weighted by Crippen LogP contribution is -2.05. The molecule has 0 spiro atoms. The van der Waals surface area contributed by atoms with Crippen molar-refractivity contribution in [3.05, 3.63) is 36.2 Å². The molecule has 0 aliphatic heterocycles. The Kier molecular flexibility index (Phi) is 3.72. The molecule has 1 aromatic heterocycles. The second-order valence-electron chi connectivity index (χ2n) is 3.90. The standard InChI is InChI=1S/C13H17N3O2/c1-16-11(4-5-15-16)9-14-10-6-12(17-2)8-13(7-10)18-3/h4-8,14H,9H2,1-3H3. The lowest BCUT2D eigenvalue weighted by molar-refractivity contribution is 0.394. The van der Waals surface area contributed by atoms with Crippen molar-refractivity contribution in [1.29, 1.82) is 0 Å². The molecule has 0 atom stereocenters. The van der Waals surface area contributed by atoms with E-state index < -0.39 is 0 Å². The van der Waals surface area contributed by atoms with E-state index in [9.17, 15) is 0 Å². The zero-order chi connectivity index (χ0) is 13.0. The van der Waals surface area contributed by atoms with Crippen LogP contribution in [0.2, 0.25) is 0 Å². The molecule has 5 nitrogen and oxygen atoms in total. The van der Waals surface area contributed by atoms with Crippen LogP contribution in [0, 0.1) is 0 Å². The Hall–Kier alpha value is -2.17. The van der Waals surface area contributed by atoms with Crippen molar-refractivity contribution in [1.82, 2.24) is 9.78 Å². The number of methoxy groups -OCH3 is 2. The molecule has 5 heteroatoms. The molecule has 96 valence electrons. The largest absolute Gasteiger partial charge is 0.497 e. The predicted octanol–water partition coefficient (Wildman–Crippen LogP) is 2.05. The first-order valence-electron chi connectivity index (χ1n) is 5.66. The Morgan fingerprint density at radius 1 is 1.17 bits per heavy atom. The molecule has 2 aromatic rings. The minimum absolute atomic E-state index is 0.701. The number of hydrogen-bond acceptors (Lipinski definition) is 4. The summed E-state index contributed by atoms with van der Waals surface area (Å²) in [5.41, 5.74) is 2.06. The molecule has 0 saturated carbocycles. The molecular weight excluding hydrogens is 230 g/mol. The summed E-state index contributed by atoms with van der Waals surface area (Å²) < 4.78 is 12.3. The van der Waals surface area contributed by atoms with Crippen molar-refractivity contribution in [2.45, 2.75) is 6.54 Å². The first-order valence-corrected chi connectivity index (χ1v) is 5.66. The third-order valence-corrected chi connectivity index (χ3v) is 2.75. The fourth-order valence-corrected chi connectivity index (χ4v) is 1.68. The topological polar surface area (TPSA) is 48.3 Å². The number of nitrogens with zero attached hydrogens (tertiary/aromatic N) is 2. The van der Waals surface area contributed by atoms with Gasteiger partial charge < -0.3 is 14.8 Å².